The van der Waals surface area contributed by atoms with Gasteiger partial charge >= 0.3 is 0 Å². The van der Waals surface area contributed by atoms with E-state index in [4.69, 9.17) is 11.5 Å². The Balaban J connectivity index is 0. The molecule has 0 aliphatic rings. The second-order valence-electron chi connectivity index (χ2n) is 3.14. The Kier molecular flexibility index (Phi) is 21.6. The summed E-state index contributed by atoms with van der Waals surface area (Å²) in [5.41, 5.74) is 10.4. The minimum absolute atomic E-state index is 0.792. The molecule has 0 fully saturated rings. The normalized spacial score (nSPS) is 9.43. The molecule has 4 heteroatoms. The van der Waals surface area contributed by atoms with E-state index >= 15 is 0 Å². The van der Waals surface area contributed by atoms with Gasteiger partial charge in [-0.2, -0.15) is 0 Å². The summed E-state index contributed by atoms with van der Waals surface area (Å²) in [5.74, 6) is 0. The lowest BCUT2D eigenvalue weighted by atomic mass is 10.4. The molecule has 0 atom stereocenters. The van der Waals surface area contributed by atoms with Gasteiger partial charge in [0.1, 0.15) is 0 Å². The van der Waals surface area contributed by atoms with Gasteiger partial charge in [-0.05, 0) is 59.0 Å². The second-order valence-corrected chi connectivity index (χ2v) is 3.14. The molecule has 0 aromatic rings. The van der Waals surface area contributed by atoms with Crippen LogP contribution in [-0.2, 0) is 0 Å². The topological polar surface area (TPSA) is 76.1 Å². The van der Waals surface area contributed by atoms with Crippen molar-refractivity contribution < 1.29 is 0 Å². The van der Waals surface area contributed by atoms with Crippen LogP contribution in [0.2, 0.25) is 0 Å². The average molecular weight is 204 g/mol. The Labute approximate surface area is 88.8 Å². The maximum atomic E-state index is 5.27. The quantitative estimate of drug-likeness (QED) is 0.416. The largest absolute Gasteiger partial charge is 0.330 e. The molecule has 0 aliphatic heterocycles. The van der Waals surface area contributed by atoms with Crippen molar-refractivity contribution in [1.82, 2.24) is 10.6 Å². The van der Waals surface area contributed by atoms with E-state index in [0.29, 0.717) is 0 Å². The molecule has 0 aromatic heterocycles. The molecule has 88 valence electrons. The number of nitrogens with two attached hydrogens (primary N) is 2. The zero-order valence-corrected chi connectivity index (χ0v) is 9.81. The summed E-state index contributed by atoms with van der Waals surface area (Å²) in [6, 6.07) is 0. The highest BCUT2D eigenvalue weighted by molar-refractivity contribution is 4.45. The van der Waals surface area contributed by atoms with Crippen molar-refractivity contribution in [3.05, 3.63) is 0 Å². The third-order valence-electron chi connectivity index (χ3n) is 1.62. The molecule has 0 saturated carbocycles. The standard InChI is InChI=1S/C6H16N2.C4H12N2/c1-2-5-8-6-3-4-7;1-6-4-2-3-5/h8H,2-7H2,1H3;6H,2-5H2,1H3. The SMILES string of the molecule is CCCNCCCN.CNCCCN. The predicted octanol–water partition coefficient (Wildman–Crippen LogP) is -0.111. The third-order valence-corrected chi connectivity index (χ3v) is 1.62. The Morgan fingerprint density at radius 3 is 1.86 bits per heavy atom. The first kappa shape index (κ1) is 16.3. The summed E-state index contributed by atoms with van der Waals surface area (Å²) >= 11 is 0. The number of rotatable bonds is 8. The lowest BCUT2D eigenvalue weighted by Crippen LogP contribution is -2.18. The molecule has 0 unspecified atom stereocenters. The van der Waals surface area contributed by atoms with E-state index in [1.54, 1.807) is 0 Å². The van der Waals surface area contributed by atoms with Crippen LogP contribution in [0, 0.1) is 0 Å². The summed E-state index contributed by atoms with van der Waals surface area (Å²) in [6.45, 7) is 6.99. The highest BCUT2D eigenvalue weighted by Crippen LogP contribution is 1.71. The van der Waals surface area contributed by atoms with Gasteiger partial charge < -0.3 is 22.1 Å². The molecule has 0 rings (SSSR count). The first-order valence-corrected chi connectivity index (χ1v) is 5.58. The van der Waals surface area contributed by atoms with Crippen molar-refractivity contribution in [2.75, 3.05) is 39.8 Å². The van der Waals surface area contributed by atoms with Crippen molar-refractivity contribution >= 4 is 0 Å². The average Bonchev–Trinajstić information content (AvgIpc) is 2.22. The number of hydrogen-bond acceptors (Lipinski definition) is 4. The van der Waals surface area contributed by atoms with E-state index in [1.807, 2.05) is 7.05 Å². The lowest BCUT2D eigenvalue weighted by Gasteiger charge is -1.98. The zero-order chi connectivity index (χ0) is 11.1. The molecular formula is C10H28N4. The van der Waals surface area contributed by atoms with Crippen molar-refractivity contribution in [3.63, 3.8) is 0 Å². The Morgan fingerprint density at radius 2 is 1.50 bits per heavy atom. The van der Waals surface area contributed by atoms with Crippen LogP contribution in [-0.4, -0.2) is 39.8 Å². The number of nitrogens with one attached hydrogen (secondary N) is 2. The van der Waals surface area contributed by atoms with Gasteiger partial charge in [0.05, 0.1) is 0 Å². The molecule has 0 amide bonds. The highest BCUT2D eigenvalue weighted by atomic mass is 14.8. The summed E-state index contributed by atoms with van der Waals surface area (Å²) in [6.07, 6.45) is 3.39. The molecule has 0 radical (unpaired) electrons. The smallest absolute Gasteiger partial charge is 0.00369 e. The fraction of sp³-hybridized carbons (Fsp3) is 1.00. The fourth-order valence-corrected chi connectivity index (χ4v) is 0.808. The molecule has 14 heavy (non-hydrogen) atoms. The van der Waals surface area contributed by atoms with Crippen molar-refractivity contribution in [1.29, 1.82) is 0 Å². The maximum absolute atomic E-state index is 5.27. The minimum atomic E-state index is 0.792. The van der Waals surface area contributed by atoms with Gasteiger partial charge in [0.25, 0.3) is 0 Å². The van der Waals surface area contributed by atoms with Crippen LogP contribution in [0.15, 0.2) is 0 Å². The maximum Gasteiger partial charge on any atom is -0.00369 e. The van der Waals surface area contributed by atoms with Crippen molar-refractivity contribution in [2.45, 2.75) is 26.2 Å². The van der Waals surface area contributed by atoms with E-state index in [2.05, 4.69) is 17.6 Å². The van der Waals surface area contributed by atoms with Crippen LogP contribution in [0.25, 0.3) is 0 Å². The lowest BCUT2D eigenvalue weighted by molar-refractivity contribution is 0.645. The Bertz CT molecular complexity index is 68.5. The van der Waals surface area contributed by atoms with Gasteiger partial charge in [-0.1, -0.05) is 6.92 Å². The van der Waals surface area contributed by atoms with E-state index in [9.17, 15) is 0 Å². The van der Waals surface area contributed by atoms with Crippen molar-refractivity contribution in [3.8, 4) is 0 Å². The summed E-state index contributed by atoms with van der Waals surface area (Å²) < 4.78 is 0. The molecule has 0 aromatic carbocycles. The molecule has 4 nitrogen and oxygen atoms in total. The summed E-state index contributed by atoms with van der Waals surface area (Å²) in [7, 11) is 1.93. The van der Waals surface area contributed by atoms with Crippen molar-refractivity contribution in [2.24, 2.45) is 11.5 Å². The monoisotopic (exact) mass is 204 g/mol. The van der Waals surface area contributed by atoms with Crippen LogP contribution < -0.4 is 22.1 Å². The number of hydrogen-bond donors (Lipinski definition) is 4. The Morgan fingerprint density at radius 1 is 0.929 bits per heavy atom. The van der Waals surface area contributed by atoms with Crippen LogP contribution in [0.3, 0.4) is 0 Å². The molecule has 0 spiro atoms. The highest BCUT2D eigenvalue weighted by Gasteiger charge is 1.80. The first-order valence-electron chi connectivity index (χ1n) is 5.58. The van der Waals surface area contributed by atoms with E-state index in [0.717, 1.165) is 45.6 Å². The molecule has 0 heterocycles. The van der Waals surface area contributed by atoms with Gasteiger partial charge in [0.2, 0.25) is 0 Å². The zero-order valence-electron chi connectivity index (χ0n) is 9.81. The van der Waals surface area contributed by atoms with Gasteiger partial charge in [0, 0.05) is 0 Å². The van der Waals surface area contributed by atoms with Gasteiger partial charge in [-0.15, -0.1) is 0 Å². The molecule has 0 bridgehead atoms. The summed E-state index contributed by atoms with van der Waals surface area (Å²) in [5, 5.41) is 6.24. The first-order chi connectivity index (χ1) is 6.83. The van der Waals surface area contributed by atoms with E-state index < -0.39 is 0 Å². The molecule has 6 N–H and O–H groups in total. The van der Waals surface area contributed by atoms with Gasteiger partial charge in [-0.25, -0.2) is 0 Å². The second kappa shape index (κ2) is 18.6. The minimum Gasteiger partial charge on any atom is -0.330 e. The van der Waals surface area contributed by atoms with E-state index in [-0.39, 0.29) is 0 Å². The molecule has 0 aliphatic carbocycles. The van der Waals surface area contributed by atoms with Crippen LogP contribution in [0.4, 0.5) is 0 Å². The van der Waals surface area contributed by atoms with Crippen LogP contribution in [0.1, 0.15) is 26.2 Å². The van der Waals surface area contributed by atoms with E-state index in [1.165, 1.54) is 6.42 Å². The predicted molar refractivity (Wildman–Crippen MR) is 64.4 cm³/mol. The van der Waals surface area contributed by atoms with Crippen LogP contribution >= 0.6 is 0 Å². The Hall–Kier alpha value is -0.160. The third kappa shape index (κ3) is 22.6. The summed E-state index contributed by atoms with van der Waals surface area (Å²) in [4.78, 5) is 0. The van der Waals surface area contributed by atoms with Gasteiger partial charge in [-0.3, -0.25) is 0 Å². The van der Waals surface area contributed by atoms with Crippen LogP contribution in [0.5, 0.6) is 0 Å². The van der Waals surface area contributed by atoms with Gasteiger partial charge in [0.15, 0.2) is 0 Å². The fourth-order valence-electron chi connectivity index (χ4n) is 0.808. The molecular weight excluding hydrogens is 176 g/mol. The molecule has 0 saturated heterocycles.